The average Bonchev–Trinajstić information content (AvgIpc) is 2.95. The van der Waals surface area contributed by atoms with E-state index in [1.807, 2.05) is 6.07 Å². The topological polar surface area (TPSA) is 90.2 Å². The summed E-state index contributed by atoms with van der Waals surface area (Å²) in [7, 11) is 0. The van der Waals surface area contributed by atoms with Crippen LogP contribution in [0.1, 0.15) is 30.4 Å². The van der Waals surface area contributed by atoms with Crippen molar-refractivity contribution >= 4 is 11.9 Å². The largest absolute Gasteiger partial charge is 0.481 e. The molecule has 2 rings (SSSR count). The van der Waals surface area contributed by atoms with E-state index < -0.39 is 11.9 Å². The highest BCUT2D eigenvalue weighted by atomic mass is 16.4. The summed E-state index contributed by atoms with van der Waals surface area (Å²) < 4.78 is 0. The van der Waals surface area contributed by atoms with E-state index in [-0.39, 0.29) is 11.8 Å². The maximum absolute atomic E-state index is 12.0. The summed E-state index contributed by atoms with van der Waals surface area (Å²) in [5.74, 6) is -1.53. The van der Waals surface area contributed by atoms with Crippen molar-refractivity contribution in [2.24, 2.45) is 11.8 Å². The Labute approximate surface area is 117 Å². The Balaban J connectivity index is 1.87. The molecule has 0 spiro atoms. The molecule has 1 amide bonds. The molecule has 5 heteroatoms. The second-order valence-electron chi connectivity index (χ2n) is 5.08. The molecule has 1 aliphatic rings. The van der Waals surface area contributed by atoms with E-state index >= 15 is 0 Å². The van der Waals surface area contributed by atoms with Crippen molar-refractivity contribution in [3.63, 3.8) is 0 Å². The van der Waals surface area contributed by atoms with Crippen LogP contribution >= 0.6 is 0 Å². The lowest BCUT2D eigenvalue weighted by atomic mass is 10.0. The first-order valence-electron chi connectivity index (χ1n) is 6.59. The third kappa shape index (κ3) is 3.35. The van der Waals surface area contributed by atoms with E-state index in [1.165, 1.54) is 0 Å². The quantitative estimate of drug-likeness (QED) is 0.872. The smallest absolute Gasteiger partial charge is 0.306 e. The monoisotopic (exact) mass is 272 g/mol. The van der Waals surface area contributed by atoms with Gasteiger partial charge in [0.1, 0.15) is 0 Å². The fraction of sp³-hybridized carbons (Fsp3) is 0.400. The first kappa shape index (κ1) is 14.1. The number of carbonyl (C=O) groups is 2. The van der Waals surface area contributed by atoms with E-state index in [2.05, 4.69) is 11.4 Å². The van der Waals surface area contributed by atoms with Crippen LogP contribution in [0.15, 0.2) is 24.3 Å². The van der Waals surface area contributed by atoms with Crippen LogP contribution in [0.25, 0.3) is 0 Å². The van der Waals surface area contributed by atoms with Gasteiger partial charge < -0.3 is 10.4 Å². The molecule has 1 fully saturated rings. The van der Waals surface area contributed by atoms with Crippen molar-refractivity contribution in [3.05, 3.63) is 35.4 Å². The summed E-state index contributed by atoms with van der Waals surface area (Å²) in [5.41, 5.74) is 1.42. The minimum atomic E-state index is -0.818. The number of nitrogens with one attached hydrogen (secondary N) is 1. The first-order valence-corrected chi connectivity index (χ1v) is 6.59. The molecule has 1 saturated carbocycles. The van der Waals surface area contributed by atoms with Crippen LogP contribution in [0, 0.1) is 23.2 Å². The van der Waals surface area contributed by atoms with Crippen LogP contribution in [0.3, 0.4) is 0 Å². The second kappa shape index (κ2) is 6.20. The van der Waals surface area contributed by atoms with Gasteiger partial charge in [-0.25, -0.2) is 0 Å². The van der Waals surface area contributed by atoms with E-state index in [4.69, 9.17) is 10.4 Å². The zero-order chi connectivity index (χ0) is 14.5. The van der Waals surface area contributed by atoms with Gasteiger partial charge in [0.2, 0.25) is 5.91 Å². The highest BCUT2D eigenvalue weighted by Gasteiger charge is 2.33. The predicted molar refractivity (Wildman–Crippen MR) is 71.5 cm³/mol. The third-order valence-electron chi connectivity index (χ3n) is 3.68. The standard InChI is InChI=1S/C15H16N2O3/c16-8-10-2-1-3-11(6-10)9-17-14(18)12-4-5-13(7-12)15(19)20/h1-3,6,12-13H,4-5,7,9H2,(H,17,18)(H,19,20). The van der Waals surface area contributed by atoms with Gasteiger partial charge in [-0.3, -0.25) is 9.59 Å². The zero-order valence-electron chi connectivity index (χ0n) is 11.0. The van der Waals surface area contributed by atoms with E-state index in [9.17, 15) is 9.59 Å². The van der Waals surface area contributed by atoms with E-state index in [0.717, 1.165) is 5.56 Å². The lowest BCUT2D eigenvalue weighted by Gasteiger charge is -2.11. The molecule has 5 nitrogen and oxygen atoms in total. The van der Waals surface area contributed by atoms with Gasteiger partial charge in [0.25, 0.3) is 0 Å². The maximum atomic E-state index is 12.0. The highest BCUT2D eigenvalue weighted by molar-refractivity contribution is 5.80. The second-order valence-corrected chi connectivity index (χ2v) is 5.08. The van der Waals surface area contributed by atoms with Crippen molar-refractivity contribution in [1.29, 1.82) is 5.26 Å². The number of aliphatic carboxylic acids is 1. The molecule has 104 valence electrons. The summed E-state index contributed by atoms with van der Waals surface area (Å²) in [6.45, 7) is 0.364. The molecule has 2 atom stereocenters. The molecule has 0 aromatic heterocycles. The van der Waals surface area contributed by atoms with Crippen molar-refractivity contribution < 1.29 is 14.7 Å². The lowest BCUT2D eigenvalue weighted by molar-refractivity contribution is -0.141. The van der Waals surface area contributed by atoms with Crippen molar-refractivity contribution in [3.8, 4) is 6.07 Å². The van der Waals surface area contributed by atoms with E-state index in [1.54, 1.807) is 18.2 Å². The molecular weight excluding hydrogens is 256 g/mol. The molecule has 0 aliphatic heterocycles. The molecular formula is C15H16N2O3. The Morgan fingerprint density at radius 1 is 1.35 bits per heavy atom. The highest BCUT2D eigenvalue weighted by Crippen LogP contribution is 2.31. The Hall–Kier alpha value is -2.35. The van der Waals surface area contributed by atoms with Gasteiger partial charge >= 0.3 is 5.97 Å². The number of nitriles is 1. The number of rotatable bonds is 4. The van der Waals surface area contributed by atoms with Crippen LogP contribution in [0.4, 0.5) is 0 Å². The SMILES string of the molecule is N#Cc1cccc(CNC(=O)C2CCC(C(=O)O)C2)c1. The number of carboxylic acids is 1. The first-order chi connectivity index (χ1) is 9.60. The fourth-order valence-corrected chi connectivity index (χ4v) is 2.53. The molecule has 0 radical (unpaired) electrons. The van der Waals surface area contributed by atoms with Crippen molar-refractivity contribution in [1.82, 2.24) is 5.32 Å². The summed E-state index contributed by atoms with van der Waals surface area (Å²) >= 11 is 0. The normalized spacial score (nSPS) is 21.1. The van der Waals surface area contributed by atoms with E-state index in [0.29, 0.717) is 31.4 Å². The summed E-state index contributed by atoms with van der Waals surface area (Å²) in [5, 5.41) is 20.5. The Morgan fingerprint density at radius 2 is 2.10 bits per heavy atom. The summed E-state index contributed by atoms with van der Waals surface area (Å²) in [6, 6.07) is 9.11. The molecule has 1 aromatic rings. The van der Waals surface area contributed by atoms with Crippen LogP contribution < -0.4 is 5.32 Å². The van der Waals surface area contributed by atoms with Crippen molar-refractivity contribution in [2.75, 3.05) is 0 Å². The Kier molecular flexibility index (Phi) is 4.36. The van der Waals surface area contributed by atoms with Gasteiger partial charge in [0.05, 0.1) is 17.6 Å². The Morgan fingerprint density at radius 3 is 2.75 bits per heavy atom. The molecule has 1 aliphatic carbocycles. The van der Waals surface area contributed by atoms with Gasteiger partial charge in [-0.05, 0) is 37.0 Å². The number of carbonyl (C=O) groups excluding carboxylic acids is 1. The van der Waals surface area contributed by atoms with Crippen LogP contribution in [0.5, 0.6) is 0 Å². The average molecular weight is 272 g/mol. The van der Waals surface area contributed by atoms with Gasteiger partial charge in [-0.1, -0.05) is 12.1 Å². The fourth-order valence-electron chi connectivity index (χ4n) is 2.53. The van der Waals surface area contributed by atoms with Crippen LogP contribution in [0.2, 0.25) is 0 Å². The van der Waals surface area contributed by atoms with Gasteiger partial charge in [-0.15, -0.1) is 0 Å². The molecule has 20 heavy (non-hydrogen) atoms. The Bertz CT molecular complexity index is 562. The number of hydrogen-bond donors (Lipinski definition) is 2. The number of hydrogen-bond acceptors (Lipinski definition) is 3. The van der Waals surface area contributed by atoms with Gasteiger partial charge in [-0.2, -0.15) is 5.26 Å². The summed E-state index contributed by atoms with van der Waals surface area (Å²) in [6.07, 6.45) is 1.61. The molecule has 0 heterocycles. The molecule has 2 N–H and O–H groups in total. The minimum Gasteiger partial charge on any atom is -0.481 e. The number of carboxylic acid groups (broad SMARTS) is 1. The molecule has 2 unspecified atom stereocenters. The van der Waals surface area contributed by atoms with Crippen LogP contribution in [-0.4, -0.2) is 17.0 Å². The number of benzene rings is 1. The van der Waals surface area contributed by atoms with Crippen LogP contribution in [-0.2, 0) is 16.1 Å². The maximum Gasteiger partial charge on any atom is 0.306 e. The van der Waals surface area contributed by atoms with Gasteiger partial charge in [0.15, 0.2) is 0 Å². The van der Waals surface area contributed by atoms with Crippen molar-refractivity contribution in [2.45, 2.75) is 25.8 Å². The predicted octanol–water partition coefficient (Wildman–Crippen LogP) is 1.68. The number of amides is 1. The molecule has 0 saturated heterocycles. The molecule has 1 aromatic carbocycles. The third-order valence-corrected chi connectivity index (χ3v) is 3.68. The molecule has 0 bridgehead atoms. The number of nitrogens with zero attached hydrogens (tertiary/aromatic N) is 1. The summed E-state index contributed by atoms with van der Waals surface area (Å²) in [4.78, 5) is 22.8. The minimum absolute atomic E-state index is 0.101. The van der Waals surface area contributed by atoms with Gasteiger partial charge in [0, 0.05) is 12.5 Å². The lowest BCUT2D eigenvalue weighted by Crippen LogP contribution is -2.29. The zero-order valence-corrected chi connectivity index (χ0v) is 11.0.